The maximum atomic E-state index is 12.4. The van der Waals surface area contributed by atoms with Crippen molar-refractivity contribution in [2.24, 2.45) is 5.73 Å². The maximum Gasteiger partial charge on any atom is 0.242 e. The Morgan fingerprint density at radius 2 is 2.05 bits per heavy atom. The molecule has 0 aliphatic carbocycles. The average Bonchev–Trinajstić information content (AvgIpc) is 2.43. The third kappa shape index (κ3) is 5.85. The third-order valence-corrected chi connectivity index (χ3v) is 5.14. The van der Waals surface area contributed by atoms with Gasteiger partial charge in [-0.2, -0.15) is 0 Å². The van der Waals surface area contributed by atoms with E-state index in [1.807, 2.05) is 6.92 Å². The predicted molar refractivity (Wildman–Crippen MR) is 91.4 cm³/mol. The first kappa shape index (κ1) is 21.3. The summed E-state index contributed by atoms with van der Waals surface area (Å²) in [5.74, 6) is -0.218. The van der Waals surface area contributed by atoms with E-state index in [-0.39, 0.29) is 40.7 Å². The van der Waals surface area contributed by atoms with Crippen LogP contribution in [0.3, 0.4) is 0 Å². The van der Waals surface area contributed by atoms with E-state index in [0.717, 1.165) is 12.8 Å². The van der Waals surface area contributed by atoms with Crippen molar-refractivity contribution in [2.75, 3.05) is 6.54 Å². The van der Waals surface area contributed by atoms with E-state index in [0.29, 0.717) is 12.0 Å². The topological polar surface area (TPSA) is 89.3 Å². The van der Waals surface area contributed by atoms with Gasteiger partial charge in [-0.3, -0.25) is 4.79 Å². The van der Waals surface area contributed by atoms with Gasteiger partial charge in [-0.25, -0.2) is 13.1 Å². The van der Waals surface area contributed by atoms with Crippen LogP contribution in [0.4, 0.5) is 0 Å². The van der Waals surface area contributed by atoms with Gasteiger partial charge in [0.1, 0.15) is 4.90 Å². The minimum atomic E-state index is -3.80. The van der Waals surface area contributed by atoms with Gasteiger partial charge >= 0.3 is 0 Å². The number of Topliss-reactive ketones (excluding diaryl/α,β-unsaturated/α-hetero) is 1. The normalized spacial score (nSPS) is 12.5. The molecule has 0 spiro atoms. The van der Waals surface area contributed by atoms with E-state index in [1.54, 1.807) is 0 Å². The molecular formula is C14H22Cl2N2O3S. The molecule has 126 valence electrons. The summed E-state index contributed by atoms with van der Waals surface area (Å²) >= 11 is 5.95. The summed E-state index contributed by atoms with van der Waals surface area (Å²) in [5, 5.41) is 0.0822. The molecule has 0 aliphatic rings. The lowest BCUT2D eigenvalue weighted by Crippen LogP contribution is -2.40. The molecule has 0 amide bonds. The summed E-state index contributed by atoms with van der Waals surface area (Å²) in [4.78, 5) is 11.3. The highest BCUT2D eigenvalue weighted by Gasteiger charge is 2.22. The molecule has 1 atom stereocenters. The first-order chi connectivity index (χ1) is 9.81. The van der Waals surface area contributed by atoms with Gasteiger partial charge in [0.2, 0.25) is 10.0 Å². The molecule has 0 bridgehead atoms. The van der Waals surface area contributed by atoms with Crippen LogP contribution >= 0.6 is 24.0 Å². The van der Waals surface area contributed by atoms with Crippen molar-refractivity contribution in [3.63, 3.8) is 0 Å². The smallest absolute Gasteiger partial charge is 0.242 e. The maximum absolute atomic E-state index is 12.4. The SMILES string of the molecule is CCCCC(CN)NS(=O)(=O)c1cc(C(C)=O)ccc1Cl.Cl. The summed E-state index contributed by atoms with van der Waals surface area (Å²) in [7, 11) is -3.80. The minimum Gasteiger partial charge on any atom is -0.329 e. The van der Waals surface area contributed by atoms with E-state index >= 15 is 0 Å². The fourth-order valence-corrected chi connectivity index (χ4v) is 3.70. The summed E-state index contributed by atoms with van der Waals surface area (Å²) < 4.78 is 27.3. The molecule has 5 nitrogen and oxygen atoms in total. The highest BCUT2D eigenvalue weighted by molar-refractivity contribution is 7.89. The molecule has 0 saturated heterocycles. The standard InChI is InChI=1S/C14H21ClN2O3S.ClH/c1-3-4-5-12(9-16)17-21(19,20)14-8-11(10(2)18)6-7-13(14)15;/h6-8,12,17H,3-5,9,16H2,1-2H3;1H. The Labute approximate surface area is 143 Å². The monoisotopic (exact) mass is 368 g/mol. The Kier molecular flexibility index (Phi) is 9.19. The van der Waals surface area contributed by atoms with Gasteiger partial charge in [0, 0.05) is 18.2 Å². The molecule has 0 aliphatic heterocycles. The molecule has 0 radical (unpaired) electrons. The van der Waals surface area contributed by atoms with Crippen molar-refractivity contribution in [3.8, 4) is 0 Å². The Morgan fingerprint density at radius 3 is 2.55 bits per heavy atom. The Bertz CT molecular complexity index is 606. The van der Waals surface area contributed by atoms with E-state index in [4.69, 9.17) is 17.3 Å². The first-order valence-corrected chi connectivity index (χ1v) is 8.70. The number of hydrogen-bond acceptors (Lipinski definition) is 4. The zero-order chi connectivity index (χ0) is 16.0. The molecule has 0 heterocycles. The van der Waals surface area contributed by atoms with Crippen molar-refractivity contribution in [3.05, 3.63) is 28.8 Å². The van der Waals surface area contributed by atoms with Crippen LogP contribution in [-0.4, -0.2) is 26.8 Å². The minimum absolute atomic E-state index is 0. The first-order valence-electron chi connectivity index (χ1n) is 6.84. The van der Waals surface area contributed by atoms with Gasteiger partial charge in [-0.05, 0) is 31.5 Å². The number of benzene rings is 1. The van der Waals surface area contributed by atoms with Crippen molar-refractivity contribution in [2.45, 2.75) is 44.0 Å². The van der Waals surface area contributed by atoms with Crippen LogP contribution in [0, 0.1) is 0 Å². The molecule has 1 aromatic rings. The van der Waals surface area contributed by atoms with Crippen molar-refractivity contribution in [1.82, 2.24) is 4.72 Å². The number of sulfonamides is 1. The fourth-order valence-electron chi connectivity index (χ4n) is 1.89. The third-order valence-electron chi connectivity index (χ3n) is 3.14. The van der Waals surface area contributed by atoms with Crippen molar-refractivity contribution in [1.29, 1.82) is 0 Å². The van der Waals surface area contributed by atoms with Crippen LogP contribution in [0.1, 0.15) is 43.5 Å². The number of halogens is 2. The molecule has 8 heteroatoms. The molecule has 0 aromatic heterocycles. The second-order valence-electron chi connectivity index (χ2n) is 4.90. The van der Waals surface area contributed by atoms with Crippen molar-refractivity contribution >= 4 is 39.8 Å². The second-order valence-corrected chi connectivity index (χ2v) is 6.99. The molecule has 22 heavy (non-hydrogen) atoms. The van der Waals surface area contributed by atoms with E-state index in [9.17, 15) is 13.2 Å². The quantitative estimate of drug-likeness (QED) is 0.690. The summed E-state index contributed by atoms with van der Waals surface area (Å²) in [5.41, 5.74) is 5.90. The number of ketones is 1. The number of nitrogens with one attached hydrogen (secondary N) is 1. The van der Waals surface area contributed by atoms with Gasteiger partial charge in [0.15, 0.2) is 5.78 Å². The predicted octanol–water partition coefficient (Wildman–Crippen LogP) is 2.76. The molecule has 1 unspecified atom stereocenters. The van der Waals surface area contributed by atoms with Gasteiger partial charge in [0.05, 0.1) is 5.02 Å². The van der Waals surface area contributed by atoms with Gasteiger partial charge in [0.25, 0.3) is 0 Å². The van der Waals surface area contributed by atoms with Crippen LogP contribution in [0.2, 0.25) is 5.02 Å². The van der Waals surface area contributed by atoms with Crippen molar-refractivity contribution < 1.29 is 13.2 Å². The van der Waals surface area contributed by atoms with Crippen LogP contribution in [0.25, 0.3) is 0 Å². The summed E-state index contributed by atoms with van der Waals surface area (Å²) in [6.45, 7) is 3.61. The highest BCUT2D eigenvalue weighted by atomic mass is 35.5. The Balaban J connectivity index is 0.00000441. The molecule has 0 saturated carbocycles. The number of carbonyl (C=O) groups is 1. The van der Waals surface area contributed by atoms with Gasteiger partial charge < -0.3 is 5.73 Å². The number of carbonyl (C=O) groups excluding carboxylic acids is 1. The van der Waals surface area contributed by atoms with Crippen LogP contribution in [-0.2, 0) is 10.0 Å². The fraction of sp³-hybridized carbons (Fsp3) is 0.500. The van der Waals surface area contributed by atoms with E-state index in [2.05, 4.69) is 4.72 Å². The summed E-state index contributed by atoms with van der Waals surface area (Å²) in [6.07, 6.45) is 2.50. The van der Waals surface area contributed by atoms with Crippen LogP contribution in [0.5, 0.6) is 0 Å². The summed E-state index contributed by atoms with van der Waals surface area (Å²) in [6, 6.07) is 3.87. The Hall–Kier alpha value is -0.660. The van der Waals surface area contributed by atoms with E-state index in [1.165, 1.54) is 25.1 Å². The molecule has 0 fully saturated rings. The van der Waals surface area contributed by atoms with Crippen LogP contribution < -0.4 is 10.5 Å². The average molecular weight is 369 g/mol. The lowest BCUT2D eigenvalue weighted by molar-refractivity contribution is 0.101. The lowest BCUT2D eigenvalue weighted by atomic mass is 10.1. The molecular weight excluding hydrogens is 347 g/mol. The zero-order valence-electron chi connectivity index (χ0n) is 12.6. The molecule has 1 rings (SSSR count). The number of nitrogens with two attached hydrogens (primary N) is 1. The van der Waals surface area contributed by atoms with Crippen LogP contribution in [0.15, 0.2) is 23.1 Å². The number of rotatable bonds is 8. The zero-order valence-corrected chi connectivity index (χ0v) is 15.0. The molecule has 1 aromatic carbocycles. The van der Waals surface area contributed by atoms with Gasteiger partial charge in [-0.1, -0.05) is 31.4 Å². The number of unbranched alkanes of at least 4 members (excludes halogenated alkanes) is 1. The molecule has 3 N–H and O–H groups in total. The second kappa shape index (κ2) is 9.47. The Morgan fingerprint density at radius 1 is 1.41 bits per heavy atom. The van der Waals surface area contributed by atoms with E-state index < -0.39 is 10.0 Å². The lowest BCUT2D eigenvalue weighted by Gasteiger charge is -2.17. The number of hydrogen-bond donors (Lipinski definition) is 2. The largest absolute Gasteiger partial charge is 0.329 e. The van der Waals surface area contributed by atoms with Gasteiger partial charge in [-0.15, -0.1) is 12.4 Å². The highest BCUT2D eigenvalue weighted by Crippen LogP contribution is 2.23.